The van der Waals surface area contributed by atoms with E-state index in [4.69, 9.17) is 0 Å². The predicted molar refractivity (Wildman–Crippen MR) is 97.4 cm³/mol. The monoisotopic (exact) mass is 352 g/mol. The largest absolute Gasteiger partial charge is 0.356 e. The average Bonchev–Trinajstić information content (AvgIpc) is 3.14. The Morgan fingerprint density at radius 1 is 1.12 bits per heavy atom. The highest BCUT2D eigenvalue weighted by molar-refractivity contribution is 7.12. The number of thiophene rings is 1. The van der Waals surface area contributed by atoms with E-state index in [0.29, 0.717) is 24.4 Å². The van der Waals surface area contributed by atoms with E-state index in [1.807, 2.05) is 11.4 Å². The number of piperazine rings is 1. The van der Waals surface area contributed by atoms with Gasteiger partial charge in [-0.3, -0.25) is 9.59 Å². The fraction of sp³-hybridized carbons (Fsp3) is 0.647. The molecule has 1 aromatic rings. The van der Waals surface area contributed by atoms with Gasteiger partial charge in [0.15, 0.2) is 0 Å². The number of hydrogen-bond donors (Lipinski definition) is 2. The van der Waals surface area contributed by atoms with Crippen LogP contribution in [0, 0.1) is 0 Å². The molecule has 7 heteroatoms. The van der Waals surface area contributed by atoms with Crippen LogP contribution in [0.5, 0.6) is 0 Å². The minimum Gasteiger partial charge on any atom is -0.356 e. The summed E-state index contributed by atoms with van der Waals surface area (Å²) in [6.45, 7) is 9.98. The van der Waals surface area contributed by atoms with Crippen molar-refractivity contribution in [3.63, 3.8) is 0 Å². The summed E-state index contributed by atoms with van der Waals surface area (Å²) < 4.78 is 0. The van der Waals surface area contributed by atoms with E-state index >= 15 is 0 Å². The Balaban J connectivity index is 1.47. The van der Waals surface area contributed by atoms with E-state index in [1.54, 1.807) is 6.07 Å². The maximum Gasteiger partial charge on any atom is 0.261 e. The third-order valence-corrected chi connectivity index (χ3v) is 5.14. The Labute approximate surface area is 148 Å². The van der Waals surface area contributed by atoms with Gasteiger partial charge in [-0.05, 0) is 31.0 Å². The molecule has 2 N–H and O–H groups in total. The molecule has 134 valence electrons. The van der Waals surface area contributed by atoms with Gasteiger partial charge in [-0.25, -0.2) is 0 Å². The van der Waals surface area contributed by atoms with Crippen molar-refractivity contribution < 1.29 is 9.59 Å². The van der Waals surface area contributed by atoms with Gasteiger partial charge >= 0.3 is 0 Å². The second-order valence-corrected chi connectivity index (χ2v) is 6.91. The summed E-state index contributed by atoms with van der Waals surface area (Å²) in [5.41, 5.74) is 0. The molecule has 0 aromatic carbocycles. The van der Waals surface area contributed by atoms with Gasteiger partial charge in [0.05, 0.1) is 4.88 Å². The number of nitrogens with one attached hydrogen (secondary N) is 2. The van der Waals surface area contributed by atoms with E-state index in [-0.39, 0.29) is 11.8 Å². The van der Waals surface area contributed by atoms with Crippen LogP contribution in [0.3, 0.4) is 0 Å². The second kappa shape index (κ2) is 10.4. The summed E-state index contributed by atoms with van der Waals surface area (Å²) in [6, 6.07) is 3.62. The highest BCUT2D eigenvalue weighted by atomic mass is 32.1. The first-order valence-electron chi connectivity index (χ1n) is 8.72. The van der Waals surface area contributed by atoms with Gasteiger partial charge in [0.1, 0.15) is 0 Å². The number of likely N-dealkylation sites (N-methyl/N-ethyl adjacent to an activating group) is 1. The fourth-order valence-corrected chi connectivity index (χ4v) is 3.37. The molecule has 0 bridgehead atoms. The summed E-state index contributed by atoms with van der Waals surface area (Å²) in [5, 5.41) is 7.56. The SMILES string of the molecule is CCN1CCN(CCCNC(=O)CCNC(=O)c2cccs2)CC1. The molecule has 6 nitrogen and oxygen atoms in total. The van der Waals surface area contributed by atoms with E-state index in [1.165, 1.54) is 11.3 Å². The number of amides is 2. The lowest BCUT2D eigenvalue weighted by atomic mass is 10.3. The molecule has 1 aliphatic rings. The highest BCUT2D eigenvalue weighted by Gasteiger charge is 2.14. The van der Waals surface area contributed by atoms with Gasteiger partial charge in [-0.2, -0.15) is 0 Å². The molecule has 1 aliphatic heterocycles. The molecule has 2 amide bonds. The zero-order chi connectivity index (χ0) is 17.2. The Morgan fingerprint density at radius 2 is 1.88 bits per heavy atom. The zero-order valence-electron chi connectivity index (χ0n) is 14.4. The molecular weight excluding hydrogens is 324 g/mol. The number of carbonyl (C=O) groups is 2. The minimum absolute atomic E-state index is 0.00252. The number of nitrogens with zero attached hydrogens (tertiary/aromatic N) is 2. The highest BCUT2D eigenvalue weighted by Crippen LogP contribution is 2.07. The molecule has 2 rings (SSSR count). The van der Waals surface area contributed by atoms with Crippen LogP contribution in [-0.2, 0) is 4.79 Å². The van der Waals surface area contributed by atoms with Crippen molar-refractivity contribution in [1.82, 2.24) is 20.4 Å². The Morgan fingerprint density at radius 3 is 2.54 bits per heavy atom. The first-order chi connectivity index (χ1) is 11.7. The third-order valence-electron chi connectivity index (χ3n) is 4.27. The molecule has 0 radical (unpaired) electrons. The van der Waals surface area contributed by atoms with Crippen molar-refractivity contribution in [3.8, 4) is 0 Å². The van der Waals surface area contributed by atoms with E-state index in [0.717, 1.165) is 45.7 Å². The van der Waals surface area contributed by atoms with Crippen molar-refractivity contribution in [2.24, 2.45) is 0 Å². The third kappa shape index (κ3) is 6.59. The van der Waals surface area contributed by atoms with E-state index < -0.39 is 0 Å². The lowest BCUT2D eigenvalue weighted by molar-refractivity contribution is -0.120. The summed E-state index contributed by atoms with van der Waals surface area (Å²) in [7, 11) is 0. The standard InChI is InChI=1S/C17H28N4O2S/c1-2-20-10-12-21(13-11-20)9-4-7-18-16(22)6-8-19-17(23)15-5-3-14-24-15/h3,5,14H,2,4,6-13H2,1H3,(H,18,22)(H,19,23). The van der Waals surface area contributed by atoms with Crippen molar-refractivity contribution in [2.45, 2.75) is 19.8 Å². The second-order valence-electron chi connectivity index (χ2n) is 5.96. The molecule has 0 saturated carbocycles. The quantitative estimate of drug-likeness (QED) is 0.651. The molecule has 1 aromatic heterocycles. The first kappa shape index (κ1) is 18.9. The van der Waals surface area contributed by atoms with Crippen molar-refractivity contribution >= 4 is 23.2 Å². The van der Waals surface area contributed by atoms with Crippen LogP contribution >= 0.6 is 11.3 Å². The Hall–Kier alpha value is -1.44. The van der Waals surface area contributed by atoms with Gasteiger partial charge in [0.2, 0.25) is 5.91 Å². The summed E-state index contributed by atoms with van der Waals surface area (Å²) >= 11 is 1.40. The van der Waals surface area contributed by atoms with Crippen LogP contribution in [0.2, 0.25) is 0 Å². The molecule has 0 unspecified atom stereocenters. The molecule has 0 atom stereocenters. The molecule has 1 fully saturated rings. The van der Waals surface area contributed by atoms with Crippen molar-refractivity contribution in [1.29, 1.82) is 0 Å². The maximum absolute atomic E-state index is 11.8. The normalized spacial score (nSPS) is 16.0. The van der Waals surface area contributed by atoms with Crippen LogP contribution in [-0.4, -0.2) is 74.0 Å². The average molecular weight is 353 g/mol. The number of rotatable bonds is 9. The van der Waals surface area contributed by atoms with Gasteiger partial charge in [0.25, 0.3) is 5.91 Å². The molecule has 24 heavy (non-hydrogen) atoms. The Kier molecular flexibility index (Phi) is 8.21. The van der Waals surface area contributed by atoms with E-state index in [9.17, 15) is 9.59 Å². The van der Waals surface area contributed by atoms with Crippen LogP contribution in [0.25, 0.3) is 0 Å². The minimum atomic E-state index is -0.107. The molecular formula is C17H28N4O2S. The smallest absolute Gasteiger partial charge is 0.261 e. The molecule has 0 aliphatic carbocycles. The van der Waals surface area contributed by atoms with E-state index in [2.05, 4.69) is 27.4 Å². The van der Waals surface area contributed by atoms with Crippen LogP contribution in [0.15, 0.2) is 17.5 Å². The number of carbonyl (C=O) groups excluding carboxylic acids is 2. The number of hydrogen-bond acceptors (Lipinski definition) is 5. The summed E-state index contributed by atoms with van der Waals surface area (Å²) in [5.74, 6) is -0.110. The lowest BCUT2D eigenvalue weighted by Gasteiger charge is -2.33. The van der Waals surface area contributed by atoms with Crippen LogP contribution < -0.4 is 10.6 Å². The summed E-state index contributed by atoms with van der Waals surface area (Å²) in [6.07, 6.45) is 1.30. The van der Waals surface area contributed by atoms with Gasteiger partial charge < -0.3 is 20.4 Å². The topological polar surface area (TPSA) is 64.7 Å². The Bertz CT molecular complexity index is 499. The van der Waals surface area contributed by atoms with Crippen molar-refractivity contribution in [2.75, 3.05) is 52.4 Å². The predicted octanol–water partition coefficient (Wildman–Crippen LogP) is 1.01. The van der Waals surface area contributed by atoms with Crippen LogP contribution in [0.4, 0.5) is 0 Å². The van der Waals surface area contributed by atoms with Gasteiger partial charge in [-0.1, -0.05) is 13.0 Å². The molecule has 1 saturated heterocycles. The molecule has 2 heterocycles. The van der Waals surface area contributed by atoms with Crippen molar-refractivity contribution in [3.05, 3.63) is 22.4 Å². The van der Waals surface area contributed by atoms with Gasteiger partial charge in [-0.15, -0.1) is 11.3 Å². The zero-order valence-corrected chi connectivity index (χ0v) is 15.2. The van der Waals surface area contributed by atoms with Crippen LogP contribution in [0.1, 0.15) is 29.4 Å². The molecule has 0 spiro atoms. The lowest BCUT2D eigenvalue weighted by Crippen LogP contribution is -2.46. The fourth-order valence-electron chi connectivity index (χ4n) is 2.73. The maximum atomic E-state index is 11.8. The van der Waals surface area contributed by atoms with Gasteiger partial charge in [0, 0.05) is 45.7 Å². The summed E-state index contributed by atoms with van der Waals surface area (Å²) in [4.78, 5) is 29.1. The first-order valence-corrected chi connectivity index (χ1v) is 9.60.